The molecule has 0 spiro atoms. The first-order valence-electron chi connectivity index (χ1n) is 8.87. The van der Waals surface area contributed by atoms with E-state index < -0.39 is 23.5 Å². The van der Waals surface area contributed by atoms with Gasteiger partial charge in [0.05, 0.1) is 10.8 Å². The summed E-state index contributed by atoms with van der Waals surface area (Å²) in [7, 11) is 0. The van der Waals surface area contributed by atoms with Gasteiger partial charge in [-0.05, 0) is 60.0 Å². The Hall–Kier alpha value is -2.10. The van der Waals surface area contributed by atoms with Crippen molar-refractivity contribution in [2.45, 2.75) is 25.3 Å². The summed E-state index contributed by atoms with van der Waals surface area (Å²) in [5, 5.41) is 11.0. The van der Waals surface area contributed by atoms with E-state index in [0.29, 0.717) is 34.1 Å². The normalized spacial score (nSPS) is 23.4. The quantitative estimate of drug-likeness (QED) is 0.515. The minimum absolute atomic E-state index is 0.185. The van der Waals surface area contributed by atoms with Gasteiger partial charge >= 0.3 is 5.97 Å². The maximum atomic E-state index is 13.5. The number of aliphatic carboxylic acids is 1. The Labute approximate surface area is 179 Å². The van der Waals surface area contributed by atoms with Gasteiger partial charge in [0, 0.05) is 10.9 Å². The summed E-state index contributed by atoms with van der Waals surface area (Å²) in [5.74, 6) is -3.29. The van der Waals surface area contributed by atoms with E-state index in [-0.39, 0.29) is 11.9 Å². The van der Waals surface area contributed by atoms with Crippen molar-refractivity contribution < 1.29 is 23.5 Å². The number of hydrogen-bond acceptors (Lipinski definition) is 5. The predicted molar refractivity (Wildman–Crippen MR) is 113 cm³/mol. The van der Waals surface area contributed by atoms with Crippen LogP contribution in [0.4, 0.5) is 8.78 Å². The third kappa shape index (κ3) is 3.99. The lowest BCUT2D eigenvalue weighted by Crippen LogP contribution is -2.37. The molecule has 4 rings (SSSR count). The van der Waals surface area contributed by atoms with Crippen LogP contribution in [0, 0.1) is 17.6 Å². The van der Waals surface area contributed by atoms with E-state index in [2.05, 4.69) is 0 Å². The SMILES string of the molecule is O=C(O)[C@@H]1CC[C@H](N2C(=O)/C(=C/c3cc(-c4ccc(F)c(F)c4)cs3)SC2=S)C1. The molecule has 2 fully saturated rings. The number of benzene rings is 1. The van der Waals surface area contributed by atoms with Crippen LogP contribution in [0.25, 0.3) is 17.2 Å². The summed E-state index contributed by atoms with van der Waals surface area (Å²) in [5.41, 5.74) is 1.29. The van der Waals surface area contributed by atoms with E-state index in [9.17, 15) is 23.5 Å². The molecule has 9 heteroatoms. The number of carbonyl (C=O) groups is 2. The molecule has 1 aliphatic carbocycles. The van der Waals surface area contributed by atoms with Gasteiger partial charge in [0.1, 0.15) is 4.32 Å². The topological polar surface area (TPSA) is 57.6 Å². The van der Waals surface area contributed by atoms with Crippen LogP contribution in [-0.4, -0.2) is 32.2 Å². The van der Waals surface area contributed by atoms with E-state index in [1.165, 1.54) is 29.2 Å². The van der Waals surface area contributed by atoms with Crippen molar-refractivity contribution in [3.8, 4) is 11.1 Å². The van der Waals surface area contributed by atoms with Crippen LogP contribution < -0.4 is 0 Å². The van der Waals surface area contributed by atoms with E-state index in [0.717, 1.165) is 22.6 Å². The van der Waals surface area contributed by atoms with Crippen LogP contribution in [0.15, 0.2) is 34.6 Å². The Morgan fingerprint density at radius 3 is 2.69 bits per heavy atom. The molecule has 0 radical (unpaired) electrons. The molecule has 0 bridgehead atoms. The zero-order chi connectivity index (χ0) is 20.7. The van der Waals surface area contributed by atoms with Gasteiger partial charge in [0.25, 0.3) is 5.91 Å². The Kier molecular flexibility index (Phi) is 5.54. The zero-order valence-corrected chi connectivity index (χ0v) is 17.4. The van der Waals surface area contributed by atoms with Gasteiger partial charge in [-0.1, -0.05) is 30.0 Å². The summed E-state index contributed by atoms with van der Waals surface area (Å²) >= 11 is 7.95. The third-order valence-corrected chi connectivity index (χ3v) is 7.30. The van der Waals surface area contributed by atoms with Gasteiger partial charge in [-0.2, -0.15) is 0 Å². The fourth-order valence-electron chi connectivity index (χ4n) is 3.60. The lowest BCUT2D eigenvalue weighted by molar-refractivity contribution is -0.141. The highest BCUT2D eigenvalue weighted by molar-refractivity contribution is 8.26. The first kappa shape index (κ1) is 20.2. The van der Waals surface area contributed by atoms with Crippen LogP contribution in [0.3, 0.4) is 0 Å². The fraction of sp³-hybridized carbons (Fsp3) is 0.250. The average Bonchev–Trinajstić information content (AvgIpc) is 3.38. The van der Waals surface area contributed by atoms with Gasteiger partial charge in [0.2, 0.25) is 0 Å². The smallest absolute Gasteiger partial charge is 0.306 e. The number of halogens is 2. The molecular formula is C20H15F2NO3S3. The summed E-state index contributed by atoms with van der Waals surface area (Å²) in [4.78, 5) is 26.9. The number of rotatable bonds is 4. The van der Waals surface area contributed by atoms with Crippen molar-refractivity contribution in [2.24, 2.45) is 5.92 Å². The molecule has 1 aliphatic heterocycles. The molecule has 4 nitrogen and oxygen atoms in total. The van der Waals surface area contributed by atoms with E-state index in [1.807, 2.05) is 5.38 Å². The molecule has 2 aliphatic rings. The van der Waals surface area contributed by atoms with Crippen molar-refractivity contribution in [3.63, 3.8) is 0 Å². The van der Waals surface area contributed by atoms with Crippen molar-refractivity contribution in [1.82, 2.24) is 4.90 Å². The number of thiocarbonyl (C=S) groups is 1. The Bertz CT molecular complexity index is 1050. The van der Waals surface area contributed by atoms with Crippen molar-refractivity contribution in [1.29, 1.82) is 0 Å². The lowest BCUT2D eigenvalue weighted by Gasteiger charge is -2.22. The van der Waals surface area contributed by atoms with Crippen LogP contribution in [0.1, 0.15) is 24.1 Å². The molecule has 1 aromatic heterocycles. The number of amides is 1. The molecule has 1 saturated heterocycles. The second-order valence-corrected chi connectivity index (χ2v) is 9.54. The Balaban J connectivity index is 1.53. The number of thioether (sulfide) groups is 1. The fourth-order valence-corrected chi connectivity index (χ4v) is 5.91. The van der Waals surface area contributed by atoms with Crippen LogP contribution in [0.2, 0.25) is 0 Å². The van der Waals surface area contributed by atoms with Crippen LogP contribution in [0.5, 0.6) is 0 Å². The predicted octanol–water partition coefficient (Wildman–Crippen LogP) is 5.15. The lowest BCUT2D eigenvalue weighted by atomic mass is 10.1. The van der Waals surface area contributed by atoms with E-state index >= 15 is 0 Å². The molecule has 1 N–H and O–H groups in total. The number of nitrogens with zero attached hydrogens (tertiary/aromatic N) is 1. The van der Waals surface area contributed by atoms with Crippen molar-refractivity contribution in [3.05, 3.63) is 51.1 Å². The minimum atomic E-state index is -0.910. The maximum Gasteiger partial charge on any atom is 0.306 e. The van der Waals surface area contributed by atoms with Gasteiger partial charge in [0.15, 0.2) is 11.6 Å². The molecule has 0 unspecified atom stereocenters. The molecule has 1 saturated carbocycles. The van der Waals surface area contributed by atoms with Crippen molar-refractivity contribution in [2.75, 3.05) is 0 Å². The molecule has 150 valence electrons. The Morgan fingerprint density at radius 1 is 1.21 bits per heavy atom. The van der Waals surface area contributed by atoms with E-state index in [4.69, 9.17) is 12.2 Å². The zero-order valence-electron chi connectivity index (χ0n) is 14.9. The first-order valence-corrected chi connectivity index (χ1v) is 11.0. The molecule has 1 aromatic carbocycles. The second-order valence-electron chi connectivity index (χ2n) is 6.92. The number of carbonyl (C=O) groups excluding carboxylic acids is 1. The van der Waals surface area contributed by atoms with Crippen LogP contribution >= 0.6 is 35.3 Å². The highest BCUT2D eigenvalue weighted by atomic mass is 32.2. The number of thiophene rings is 1. The number of carboxylic acids is 1. The molecule has 2 heterocycles. The number of carboxylic acid groups (broad SMARTS) is 1. The summed E-state index contributed by atoms with van der Waals surface area (Å²) in [6, 6.07) is 5.34. The molecule has 2 atom stereocenters. The number of hydrogen-bond donors (Lipinski definition) is 1. The van der Waals surface area contributed by atoms with Gasteiger partial charge in [-0.15, -0.1) is 11.3 Å². The van der Waals surface area contributed by atoms with E-state index in [1.54, 1.807) is 17.0 Å². The maximum absolute atomic E-state index is 13.5. The minimum Gasteiger partial charge on any atom is -0.481 e. The highest BCUT2D eigenvalue weighted by Gasteiger charge is 2.42. The monoisotopic (exact) mass is 451 g/mol. The highest BCUT2D eigenvalue weighted by Crippen LogP contribution is 2.40. The molecule has 1 amide bonds. The Morgan fingerprint density at radius 2 is 2.00 bits per heavy atom. The van der Waals surface area contributed by atoms with Gasteiger partial charge < -0.3 is 5.11 Å². The van der Waals surface area contributed by atoms with Gasteiger partial charge in [-0.3, -0.25) is 14.5 Å². The second kappa shape index (κ2) is 7.97. The summed E-state index contributed by atoms with van der Waals surface area (Å²) < 4.78 is 27.0. The summed E-state index contributed by atoms with van der Waals surface area (Å²) in [6.45, 7) is 0. The largest absolute Gasteiger partial charge is 0.481 e. The first-order chi connectivity index (χ1) is 13.8. The molecular weight excluding hydrogens is 436 g/mol. The summed E-state index contributed by atoms with van der Waals surface area (Å²) in [6.07, 6.45) is 3.31. The van der Waals surface area contributed by atoms with Crippen LogP contribution in [-0.2, 0) is 9.59 Å². The average molecular weight is 452 g/mol. The van der Waals surface area contributed by atoms with Gasteiger partial charge in [-0.25, -0.2) is 8.78 Å². The molecule has 2 aromatic rings. The molecule has 29 heavy (non-hydrogen) atoms. The van der Waals surface area contributed by atoms with Crippen molar-refractivity contribution >= 4 is 57.6 Å². The third-order valence-electron chi connectivity index (χ3n) is 5.09. The standard InChI is InChI=1S/C20H15F2NO3S3/c21-15-4-2-10(7-16(15)22)12-6-14(28-9-12)8-17-18(24)23(20(27)29-17)13-3-1-11(5-13)19(25)26/h2,4,6-9,11,13H,1,3,5H2,(H,25,26)/b17-8-/t11-,13+/m1/s1.